The first-order valence-electron chi connectivity index (χ1n) is 29.3. The highest BCUT2D eigenvalue weighted by molar-refractivity contribution is 14.2. The monoisotopic (exact) mass is 1290 g/mol. The molecule has 0 radical (unpaired) electrons. The van der Waals surface area contributed by atoms with Crippen LogP contribution in [0.3, 0.4) is 0 Å². The van der Waals surface area contributed by atoms with Crippen molar-refractivity contribution in [3.8, 4) is 0 Å². The van der Waals surface area contributed by atoms with Gasteiger partial charge in [-0.05, 0) is 162 Å². The molecule has 3 nitrogen and oxygen atoms in total. The Hall–Kier alpha value is -4.28. The quantitative estimate of drug-likeness (QED) is 0.0270. The molecule has 430 valence electrons. The van der Waals surface area contributed by atoms with Crippen LogP contribution in [0.2, 0.25) is 0 Å². The summed E-state index contributed by atoms with van der Waals surface area (Å²) in [6.45, 7) is 16.6. The minimum absolute atomic E-state index is 0.186. The van der Waals surface area contributed by atoms with Crippen LogP contribution in [0.15, 0.2) is 223 Å². The van der Waals surface area contributed by atoms with E-state index in [2.05, 4.69) is 198 Å². The van der Waals surface area contributed by atoms with Gasteiger partial charge in [0.15, 0.2) is 0 Å². The van der Waals surface area contributed by atoms with Crippen LogP contribution in [-0.4, -0.2) is 42.1 Å². The average molecular weight is 1290 g/mol. The molecule has 0 spiro atoms. The number of hydrogen-bond donors (Lipinski definition) is 1. The van der Waals surface area contributed by atoms with E-state index in [9.17, 15) is 8.78 Å². The van der Waals surface area contributed by atoms with E-state index in [0.717, 1.165) is 38.8 Å². The van der Waals surface area contributed by atoms with E-state index in [1.54, 1.807) is 42.5 Å². The van der Waals surface area contributed by atoms with Gasteiger partial charge in [-0.2, -0.15) is 4.39 Å². The van der Waals surface area contributed by atoms with Gasteiger partial charge < -0.3 is 4.90 Å². The Bertz CT molecular complexity index is 2900. The first kappa shape index (κ1) is 65.3. The van der Waals surface area contributed by atoms with Crippen LogP contribution in [0.1, 0.15) is 131 Å². The van der Waals surface area contributed by atoms with Crippen molar-refractivity contribution >= 4 is 67.7 Å². The van der Waals surface area contributed by atoms with Gasteiger partial charge in [0.2, 0.25) is 0 Å². The maximum atomic E-state index is 15.5. The summed E-state index contributed by atoms with van der Waals surface area (Å²) in [5, 5.41) is 6.25. The van der Waals surface area contributed by atoms with E-state index < -0.39 is 27.5 Å². The Balaban J connectivity index is 0.000000181. The Kier molecular flexibility index (Phi) is 28.1. The minimum atomic E-state index is -1.40. The van der Waals surface area contributed by atoms with Crippen LogP contribution in [0.25, 0.3) is 0 Å². The number of hydrogen-bond acceptors (Lipinski definition) is 3. The van der Waals surface area contributed by atoms with Crippen molar-refractivity contribution in [2.75, 3.05) is 32.7 Å². The Labute approximate surface area is 506 Å². The number of nitrogens with zero attached hydrogens (tertiary/aromatic N) is 2. The lowest BCUT2D eigenvalue weighted by Gasteiger charge is -2.42. The second-order valence-electron chi connectivity index (χ2n) is 20.3. The number of rotatable bonds is 20. The van der Waals surface area contributed by atoms with Crippen molar-refractivity contribution in [1.82, 2.24) is 14.4 Å². The molecule has 0 amide bonds. The van der Waals surface area contributed by atoms with Crippen molar-refractivity contribution in [3.63, 3.8) is 0 Å². The second kappa shape index (κ2) is 35.2. The summed E-state index contributed by atoms with van der Waals surface area (Å²) in [6.07, 6.45) is 16.8. The highest BCUT2D eigenvalue weighted by Gasteiger charge is 2.45. The predicted octanol–water partition coefficient (Wildman–Crippen LogP) is 20.9. The largest absolute Gasteiger partial charge is 0.304 e. The number of allylic oxidation sites excluding steroid dienone is 6. The average Bonchev–Trinajstić information content (AvgIpc) is 3.68. The molecule has 1 unspecified atom stereocenters. The van der Waals surface area contributed by atoms with Crippen LogP contribution in [-0.2, 0) is 0 Å². The van der Waals surface area contributed by atoms with Crippen molar-refractivity contribution in [1.29, 1.82) is 0 Å². The smallest absolute Gasteiger partial charge is 0.293 e. The van der Waals surface area contributed by atoms with Gasteiger partial charge in [-0.15, -0.1) is 0 Å². The minimum Gasteiger partial charge on any atom is -0.304 e. The molecule has 2 fully saturated rings. The van der Waals surface area contributed by atoms with E-state index in [0.29, 0.717) is 43.9 Å². The van der Waals surface area contributed by atoms with E-state index >= 15 is 8.78 Å². The topological polar surface area (TPSA) is 18.5 Å². The highest BCUT2D eigenvalue weighted by atomic mass is 127. The lowest BCUT2D eigenvalue weighted by atomic mass is 10.0. The summed E-state index contributed by atoms with van der Waals surface area (Å²) in [5.41, 5.74) is 6.81. The molecule has 0 saturated carbocycles. The molecule has 3 aliphatic rings. The summed E-state index contributed by atoms with van der Waals surface area (Å²) in [7, 11) is -2.37. The fraction of sp³-hybridized carbons (Fsp3) is 0.314. The highest BCUT2D eigenvalue weighted by Crippen LogP contribution is 2.76. The van der Waals surface area contributed by atoms with Gasteiger partial charge in [0.25, 0.3) is 5.83 Å². The van der Waals surface area contributed by atoms with Crippen molar-refractivity contribution in [2.24, 2.45) is 0 Å². The molecule has 7 aromatic rings. The molecule has 0 aromatic heterocycles. The lowest BCUT2D eigenvalue weighted by Crippen LogP contribution is -2.30. The van der Waals surface area contributed by atoms with Crippen molar-refractivity contribution < 1.29 is 17.6 Å². The van der Waals surface area contributed by atoms with Gasteiger partial charge >= 0.3 is 0 Å². The zero-order chi connectivity index (χ0) is 58.1. The first-order valence-corrected chi connectivity index (χ1v) is 37.6. The van der Waals surface area contributed by atoms with Crippen LogP contribution in [0.4, 0.5) is 17.6 Å². The van der Waals surface area contributed by atoms with Crippen LogP contribution >= 0.6 is 51.8 Å². The Morgan fingerprint density at radius 1 is 0.500 bits per heavy atom. The van der Waals surface area contributed by atoms with Gasteiger partial charge in [-0.3, -0.25) is 9.53 Å². The molecule has 7 aromatic carbocycles. The molecule has 1 N–H and O–H groups in total. The number of unbranched alkanes of at least 4 members (excludes halogenated alkanes) is 2. The van der Waals surface area contributed by atoms with Gasteiger partial charge in [-0.1, -0.05) is 205 Å². The molecular formula is C70H81F4IN3P4+. The Morgan fingerprint density at radius 2 is 0.878 bits per heavy atom. The summed E-state index contributed by atoms with van der Waals surface area (Å²) >= 11 is 2.09. The normalized spacial score (nSPS) is 18.1. The van der Waals surface area contributed by atoms with Crippen LogP contribution in [0, 0.1) is 23.5 Å². The molecule has 82 heavy (non-hydrogen) atoms. The summed E-state index contributed by atoms with van der Waals surface area (Å²) in [6, 6.07) is 64.3. The zero-order valence-electron chi connectivity index (χ0n) is 48.3. The standard InChI is InChI=1S/C32H33F2NP2.C20H26NP.C12H7F2IP.C6H15N/c1-2-3-24-35(37(31-20-12-10-18-27(31)33)32-21-13-11-19-28(32)34)36-29(25-14-6-4-7-15-25)22-23-30(36)26-16-8-5-9-17-26;1-2-3-16-21-22-19(17-10-6-4-7-11-17)14-15-20(22)18-12-8-5-9-13-18;13-9-5-1-3-7-11(9)16(15)12-8-4-2-6-10(12)14;1-4-7(5-2)6-3/h4-21,29-30H,2-3,22-24H2,1H3;4-13,19-21H,2-3,14-16H2,1H3;1-5,7-8H;4-6H2,1-3H3/q;;+1;/t29-,30-;19-,20-;;/m10../s1. The third kappa shape index (κ3) is 18.1. The first-order chi connectivity index (χ1) is 40.1. The molecular weight excluding hydrogens is 1210 g/mol. The SMILES string of the molecule is CCCCN(P(c1ccccc1F)c1ccccc1F)P1[C@@H](c2ccccc2)CC[C@@H]1c1ccccc1.CCCCNP1[C@H](c2ccccc2)CC[C@H]1c1ccccc1.CCN(CC)CC.FC1=[C+]C=CC=C1P(I)c1ccccc1F. The van der Waals surface area contributed by atoms with Crippen LogP contribution < -0.4 is 21.0 Å². The summed E-state index contributed by atoms with van der Waals surface area (Å²) < 4.78 is 60.7. The molecule has 5 atom stereocenters. The van der Waals surface area contributed by atoms with E-state index in [1.165, 1.54) is 91.8 Å². The molecule has 1 aliphatic carbocycles. The molecule has 2 aliphatic heterocycles. The molecule has 12 heteroatoms. The van der Waals surface area contributed by atoms with E-state index in [-0.39, 0.29) is 25.5 Å². The fourth-order valence-corrected chi connectivity index (χ4v) is 24.9. The lowest BCUT2D eigenvalue weighted by molar-refractivity contribution is 0.321. The summed E-state index contributed by atoms with van der Waals surface area (Å²) in [4.78, 5) is 2.38. The Morgan fingerprint density at radius 3 is 1.26 bits per heavy atom. The number of benzene rings is 7. The molecule has 2 saturated heterocycles. The van der Waals surface area contributed by atoms with Crippen LogP contribution in [0.5, 0.6) is 0 Å². The molecule has 0 bridgehead atoms. The summed E-state index contributed by atoms with van der Waals surface area (Å²) in [5.74, 6) is -1.18. The van der Waals surface area contributed by atoms with Crippen molar-refractivity contribution in [2.45, 2.75) is 109 Å². The molecule has 10 rings (SSSR count). The number of nitrogens with one attached hydrogen (secondary N) is 1. The zero-order valence-corrected chi connectivity index (χ0v) is 54.0. The second-order valence-corrected chi connectivity index (χ2v) is 32.0. The number of halogens is 5. The fourth-order valence-electron chi connectivity index (χ4n) is 10.7. The predicted molar refractivity (Wildman–Crippen MR) is 358 cm³/mol. The third-order valence-electron chi connectivity index (χ3n) is 15.1. The molecule has 2 heterocycles. The van der Waals surface area contributed by atoms with Gasteiger partial charge in [0.1, 0.15) is 28.8 Å². The van der Waals surface area contributed by atoms with Crippen molar-refractivity contribution in [3.05, 3.63) is 269 Å². The maximum Gasteiger partial charge on any atom is 0.293 e. The third-order valence-corrected chi connectivity index (χ3v) is 29.4. The van der Waals surface area contributed by atoms with E-state index in [1.807, 2.05) is 24.3 Å². The maximum absolute atomic E-state index is 15.5. The van der Waals surface area contributed by atoms with Gasteiger partial charge in [0, 0.05) is 59.2 Å². The van der Waals surface area contributed by atoms with Gasteiger partial charge in [0.05, 0.1) is 17.7 Å². The van der Waals surface area contributed by atoms with E-state index in [4.69, 9.17) is 0 Å². The van der Waals surface area contributed by atoms with Gasteiger partial charge in [-0.25, -0.2) is 13.2 Å².